The minimum atomic E-state index is 0.00925. The van der Waals surface area contributed by atoms with E-state index in [9.17, 15) is 4.79 Å². The average Bonchev–Trinajstić information content (AvgIpc) is 2.10. The molecule has 0 spiro atoms. The van der Waals surface area contributed by atoms with Crippen molar-refractivity contribution in [3.8, 4) is 0 Å². The SMILES string of the molecule is CC(C)C(=O)[C@H](CC1(C)CCC1)NC(C)(C)C. The van der Waals surface area contributed by atoms with Gasteiger partial charge in [0, 0.05) is 11.5 Å². The smallest absolute Gasteiger partial charge is 0.152 e. The molecule has 2 heteroatoms. The Morgan fingerprint density at radius 2 is 1.82 bits per heavy atom. The molecule has 1 saturated carbocycles. The first-order chi connectivity index (χ1) is 7.63. The molecule has 1 aliphatic carbocycles. The van der Waals surface area contributed by atoms with E-state index in [1.807, 2.05) is 13.8 Å². The highest BCUT2D eigenvalue weighted by molar-refractivity contribution is 5.85. The van der Waals surface area contributed by atoms with Crippen LogP contribution in [0.5, 0.6) is 0 Å². The van der Waals surface area contributed by atoms with Gasteiger partial charge < -0.3 is 5.32 Å². The molecule has 1 rings (SSSR count). The van der Waals surface area contributed by atoms with Crippen LogP contribution >= 0.6 is 0 Å². The highest BCUT2D eigenvalue weighted by atomic mass is 16.1. The third-order valence-electron chi connectivity index (χ3n) is 3.78. The van der Waals surface area contributed by atoms with Gasteiger partial charge in [-0.3, -0.25) is 4.79 Å². The lowest BCUT2D eigenvalue weighted by atomic mass is 9.66. The van der Waals surface area contributed by atoms with Crippen LogP contribution in [0.15, 0.2) is 0 Å². The second-order valence-corrected chi connectivity index (χ2v) is 7.37. The van der Waals surface area contributed by atoms with Crippen LogP contribution in [0.25, 0.3) is 0 Å². The molecule has 0 aromatic carbocycles. The number of hydrogen-bond acceptors (Lipinski definition) is 2. The van der Waals surface area contributed by atoms with Gasteiger partial charge in [0.2, 0.25) is 0 Å². The van der Waals surface area contributed by atoms with E-state index in [4.69, 9.17) is 0 Å². The van der Waals surface area contributed by atoms with Crippen molar-refractivity contribution in [2.75, 3.05) is 0 Å². The van der Waals surface area contributed by atoms with Crippen molar-refractivity contribution in [3.63, 3.8) is 0 Å². The molecule has 0 amide bonds. The molecule has 0 radical (unpaired) electrons. The van der Waals surface area contributed by atoms with E-state index in [2.05, 4.69) is 33.0 Å². The lowest BCUT2D eigenvalue weighted by molar-refractivity contribution is -0.125. The summed E-state index contributed by atoms with van der Waals surface area (Å²) in [5.74, 6) is 0.492. The topological polar surface area (TPSA) is 29.1 Å². The number of carbonyl (C=O) groups excluding carboxylic acids is 1. The molecule has 2 nitrogen and oxygen atoms in total. The molecule has 1 aliphatic rings. The van der Waals surface area contributed by atoms with E-state index in [0.29, 0.717) is 11.2 Å². The summed E-state index contributed by atoms with van der Waals surface area (Å²) < 4.78 is 0. The van der Waals surface area contributed by atoms with Crippen LogP contribution in [0.1, 0.15) is 67.2 Å². The van der Waals surface area contributed by atoms with Crippen molar-refractivity contribution in [3.05, 3.63) is 0 Å². The predicted octanol–water partition coefficient (Wildman–Crippen LogP) is 3.55. The molecule has 100 valence electrons. The van der Waals surface area contributed by atoms with Gasteiger partial charge in [-0.15, -0.1) is 0 Å². The van der Waals surface area contributed by atoms with Crippen molar-refractivity contribution in [2.24, 2.45) is 11.3 Å². The van der Waals surface area contributed by atoms with E-state index < -0.39 is 0 Å². The monoisotopic (exact) mass is 239 g/mol. The summed E-state index contributed by atoms with van der Waals surface area (Å²) in [4.78, 5) is 12.3. The number of hydrogen-bond donors (Lipinski definition) is 1. The molecule has 0 aromatic rings. The Kier molecular flexibility index (Phi) is 4.40. The van der Waals surface area contributed by atoms with Crippen LogP contribution in [-0.4, -0.2) is 17.4 Å². The molecule has 1 N–H and O–H groups in total. The summed E-state index contributed by atoms with van der Waals surface area (Å²) in [6, 6.07) is 0.0281. The fraction of sp³-hybridized carbons (Fsp3) is 0.933. The van der Waals surface area contributed by atoms with E-state index in [1.165, 1.54) is 19.3 Å². The molecule has 0 saturated heterocycles. The van der Waals surface area contributed by atoms with Gasteiger partial charge >= 0.3 is 0 Å². The second-order valence-electron chi connectivity index (χ2n) is 7.37. The van der Waals surface area contributed by atoms with Gasteiger partial charge in [0.05, 0.1) is 6.04 Å². The Morgan fingerprint density at radius 1 is 1.29 bits per heavy atom. The molecule has 0 bridgehead atoms. The van der Waals surface area contributed by atoms with Crippen molar-refractivity contribution in [2.45, 2.75) is 78.8 Å². The molecule has 0 aliphatic heterocycles. The van der Waals surface area contributed by atoms with E-state index in [-0.39, 0.29) is 17.5 Å². The first-order valence-electron chi connectivity index (χ1n) is 6.94. The zero-order valence-electron chi connectivity index (χ0n) is 12.4. The fourth-order valence-electron chi connectivity index (χ4n) is 2.63. The fourth-order valence-corrected chi connectivity index (χ4v) is 2.63. The van der Waals surface area contributed by atoms with Crippen LogP contribution < -0.4 is 5.32 Å². The number of nitrogens with one attached hydrogen (secondary N) is 1. The van der Waals surface area contributed by atoms with Crippen molar-refractivity contribution in [1.29, 1.82) is 0 Å². The van der Waals surface area contributed by atoms with Gasteiger partial charge in [0.1, 0.15) is 0 Å². The number of Topliss-reactive ketones (excluding diaryl/α,β-unsaturated/α-hetero) is 1. The Labute approximate surface area is 107 Å². The lowest BCUT2D eigenvalue weighted by Crippen LogP contribution is -2.51. The minimum Gasteiger partial charge on any atom is -0.303 e. The third-order valence-corrected chi connectivity index (χ3v) is 3.78. The van der Waals surface area contributed by atoms with Crippen molar-refractivity contribution >= 4 is 5.78 Å². The molecule has 0 heterocycles. The summed E-state index contributed by atoms with van der Waals surface area (Å²) in [5.41, 5.74) is 0.406. The summed E-state index contributed by atoms with van der Waals surface area (Å²) >= 11 is 0. The zero-order chi connectivity index (χ0) is 13.3. The first kappa shape index (κ1) is 14.7. The van der Waals surface area contributed by atoms with Gasteiger partial charge in [-0.2, -0.15) is 0 Å². The Bertz CT molecular complexity index is 271. The van der Waals surface area contributed by atoms with E-state index >= 15 is 0 Å². The second kappa shape index (κ2) is 5.09. The van der Waals surface area contributed by atoms with Crippen LogP contribution in [-0.2, 0) is 4.79 Å². The molecule has 1 fully saturated rings. The molecule has 17 heavy (non-hydrogen) atoms. The molecule has 0 unspecified atom stereocenters. The molecule has 0 aromatic heterocycles. The van der Waals surface area contributed by atoms with Crippen LogP contribution in [0, 0.1) is 11.3 Å². The van der Waals surface area contributed by atoms with Gasteiger partial charge in [-0.25, -0.2) is 0 Å². The zero-order valence-corrected chi connectivity index (χ0v) is 12.4. The van der Waals surface area contributed by atoms with E-state index in [1.54, 1.807) is 0 Å². The van der Waals surface area contributed by atoms with Crippen molar-refractivity contribution < 1.29 is 4.79 Å². The predicted molar refractivity (Wildman–Crippen MR) is 73.1 cm³/mol. The third kappa shape index (κ3) is 4.42. The molecular weight excluding hydrogens is 210 g/mol. The maximum atomic E-state index is 12.3. The van der Waals surface area contributed by atoms with Gasteiger partial charge in [-0.05, 0) is 45.4 Å². The molecule has 1 atom stereocenters. The normalized spacial score (nSPS) is 21.1. The molecular formula is C15H29NO. The highest BCUT2D eigenvalue weighted by Gasteiger charge is 2.37. The minimum absolute atomic E-state index is 0.00925. The maximum absolute atomic E-state index is 12.3. The maximum Gasteiger partial charge on any atom is 0.152 e. The summed E-state index contributed by atoms with van der Waals surface area (Å²) in [6.07, 6.45) is 4.89. The quantitative estimate of drug-likeness (QED) is 0.795. The Balaban J connectivity index is 2.68. The van der Waals surface area contributed by atoms with Crippen LogP contribution in [0.2, 0.25) is 0 Å². The largest absolute Gasteiger partial charge is 0.303 e. The number of carbonyl (C=O) groups is 1. The van der Waals surface area contributed by atoms with Crippen LogP contribution in [0.3, 0.4) is 0 Å². The van der Waals surface area contributed by atoms with Gasteiger partial charge in [0.15, 0.2) is 5.78 Å². The standard InChI is InChI=1S/C15H29NO/c1-11(2)13(17)12(16-14(3,4)5)10-15(6)8-7-9-15/h11-12,16H,7-10H2,1-6H3/t12-/m0/s1. The van der Waals surface area contributed by atoms with E-state index in [0.717, 1.165) is 6.42 Å². The Morgan fingerprint density at radius 3 is 2.12 bits per heavy atom. The number of rotatable bonds is 5. The first-order valence-corrected chi connectivity index (χ1v) is 6.94. The summed E-state index contributed by atoms with van der Waals surface area (Å²) in [6.45, 7) is 12.7. The average molecular weight is 239 g/mol. The summed E-state index contributed by atoms with van der Waals surface area (Å²) in [5, 5.41) is 3.51. The van der Waals surface area contributed by atoms with Gasteiger partial charge in [0.25, 0.3) is 0 Å². The van der Waals surface area contributed by atoms with Gasteiger partial charge in [-0.1, -0.05) is 27.2 Å². The highest BCUT2D eigenvalue weighted by Crippen LogP contribution is 2.44. The number of ketones is 1. The van der Waals surface area contributed by atoms with Crippen molar-refractivity contribution in [1.82, 2.24) is 5.32 Å². The summed E-state index contributed by atoms with van der Waals surface area (Å²) in [7, 11) is 0. The lowest BCUT2D eigenvalue weighted by Gasteiger charge is -2.42. The van der Waals surface area contributed by atoms with Crippen LogP contribution in [0.4, 0.5) is 0 Å². The Hall–Kier alpha value is -0.370.